The number of alkyl halides is 3. The third kappa shape index (κ3) is 4.09. The molecule has 0 aromatic heterocycles. The first-order valence-corrected chi connectivity index (χ1v) is 6.89. The van der Waals surface area contributed by atoms with Gasteiger partial charge in [0.1, 0.15) is 11.9 Å². The molecule has 1 aliphatic rings. The number of halogens is 4. The highest BCUT2D eigenvalue weighted by Gasteiger charge is 2.41. The smallest absolute Gasteiger partial charge is 0.322 e. The molecule has 1 N–H and O–H groups in total. The van der Waals surface area contributed by atoms with Crippen LogP contribution in [0.15, 0.2) is 24.3 Å². The van der Waals surface area contributed by atoms with Gasteiger partial charge in [-0.15, -0.1) is 0 Å². The van der Waals surface area contributed by atoms with Crippen molar-refractivity contribution in [3.8, 4) is 0 Å². The first-order valence-electron chi connectivity index (χ1n) is 6.89. The first kappa shape index (κ1) is 16.5. The van der Waals surface area contributed by atoms with Gasteiger partial charge in [-0.3, -0.25) is 4.90 Å². The number of piperazine rings is 1. The number of nitrogens with zero attached hydrogens (tertiary/aromatic N) is 2. The molecule has 2 amide bonds. The van der Waals surface area contributed by atoms with Crippen molar-refractivity contribution in [1.29, 1.82) is 0 Å². The van der Waals surface area contributed by atoms with Gasteiger partial charge in [-0.05, 0) is 25.1 Å². The van der Waals surface area contributed by atoms with Crippen LogP contribution in [0.5, 0.6) is 0 Å². The molecule has 4 nitrogen and oxygen atoms in total. The molecule has 2 rings (SSSR count). The highest BCUT2D eigenvalue weighted by Crippen LogP contribution is 2.25. The van der Waals surface area contributed by atoms with Gasteiger partial charge < -0.3 is 10.2 Å². The fourth-order valence-electron chi connectivity index (χ4n) is 2.29. The third-order valence-electron chi connectivity index (χ3n) is 3.70. The average molecular weight is 319 g/mol. The Balaban J connectivity index is 1.87. The van der Waals surface area contributed by atoms with Crippen LogP contribution < -0.4 is 5.32 Å². The van der Waals surface area contributed by atoms with Gasteiger partial charge in [0.05, 0.1) is 0 Å². The van der Waals surface area contributed by atoms with E-state index < -0.39 is 24.1 Å². The molecule has 0 saturated carbocycles. The van der Waals surface area contributed by atoms with Crippen LogP contribution in [0.4, 0.5) is 28.0 Å². The maximum atomic E-state index is 13.0. The van der Waals surface area contributed by atoms with Gasteiger partial charge in [0.25, 0.3) is 0 Å². The highest BCUT2D eigenvalue weighted by atomic mass is 19.4. The quantitative estimate of drug-likeness (QED) is 0.851. The summed E-state index contributed by atoms with van der Waals surface area (Å²) in [5.41, 5.74) is 0.316. The molecular formula is C14H17F4N3O. The topological polar surface area (TPSA) is 35.6 Å². The lowest BCUT2D eigenvalue weighted by Crippen LogP contribution is -2.55. The molecule has 1 atom stereocenters. The number of amides is 2. The SMILES string of the molecule is C[C@H](N1CCN(C(=O)Nc2cccc(F)c2)CC1)C(F)(F)F. The Hall–Kier alpha value is -1.83. The van der Waals surface area contributed by atoms with Crippen molar-refractivity contribution in [3.05, 3.63) is 30.1 Å². The summed E-state index contributed by atoms with van der Waals surface area (Å²) in [6, 6.07) is 3.48. The van der Waals surface area contributed by atoms with Gasteiger partial charge in [-0.1, -0.05) is 6.07 Å². The molecule has 0 bridgehead atoms. The van der Waals surface area contributed by atoms with Crippen molar-refractivity contribution in [1.82, 2.24) is 9.80 Å². The van der Waals surface area contributed by atoms with E-state index in [-0.39, 0.29) is 26.2 Å². The fourth-order valence-corrected chi connectivity index (χ4v) is 2.29. The number of urea groups is 1. The summed E-state index contributed by atoms with van der Waals surface area (Å²) in [7, 11) is 0. The fraction of sp³-hybridized carbons (Fsp3) is 0.500. The summed E-state index contributed by atoms with van der Waals surface area (Å²) >= 11 is 0. The normalized spacial score (nSPS) is 18.1. The van der Waals surface area contributed by atoms with Crippen molar-refractivity contribution in [3.63, 3.8) is 0 Å². The van der Waals surface area contributed by atoms with E-state index in [1.165, 1.54) is 28.0 Å². The standard InChI is InChI=1S/C14H17F4N3O/c1-10(14(16,17)18)20-5-7-21(8-6-20)13(22)19-12-4-2-3-11(15)9-12/h2-4,9-10H,5-8H2,1H3,(H,19,22)/t10-/m0/s1. The Morgan fingerprint density at radius 3 is 2.41 bits per heavy atom. The summed E-state index contributed by atoms with van der Waals surface area (Å²) in [6.45, 7) is 1.81. The van der Waals surface area contributed by atoms with Gasteiger partial charge in [-0.25, -0.2) is 9.18 Å². The Morgan fingerprint density at radius 2 is 1.86 bits per heavy atom. The largest absolute Gasteiger partial charge is 0.403 e. The molecule has 8 heteroatoms. The summed E-state index contributed by atoms with van der Waals surface area (Å²) in [5.74, 6) is -0.471. The van der Waals surface area contributed by atoms with E-state index >= 15 is 0 Å². The van der Waals surface area contributed by atoms with Gasteiger partial charge in [0.15, 0.2) is 0 Å². The minimum Gasteiger partial charge on any atom is -0.322 e. The molecule has 0 spiro atoms. The van der Waals surface area contributed by atoms with Crippen molar-refractivity contribution in [2.24, 2.45) is 0 Å². The number of hydrogen-bond donors (Lipinski definition) is 1. The second-order valence-corrected chi connectivity index (χ2v) is 5.18. The monoisotopic (exact) mass is 319 g/mol. The molecule has 0 aliphatic carbocycles. The number of nitrogens with one attached hydrogen (secondary N) is 1. The van der Waals surface area contributed by atoms with Gasteiger partial charge in [0, 0.05) is 31.9 Å². The molecule has 0 unspecified atom stereocenters. The molecule has 1 aliphatic heterocycles. The highest BCUT2D eigenvalue weighted by molar-refractivity contribution is 5.89. The molecule has 22 heavy (non-hydrogen) atoms. The van der Waals surface area contributed by atoms with Gasteiger partial charge >= 0.3 is 12.2 Å². The molecule has 1 aromatic rings. The lowest BCUT2D eigenvalue weighted by atomic mass is 10.2. The Bertz CT molecular complexity index is 527. The zero-order valence-electron chi connectivity index (χ0n) is 12.0. The van der Waals surface area contributed by atoms with Crippen LogP contribution in [0, 0.1) is 5.82 Å². The molecule has 1 heterocycles. The zero-order valence-corrected chi connectivity index (χ0v) is 12.0. The van der Waals surface area contributed by atoms with Crippen molar-refractivity contribution in [2.75, 3.05) is 31.5 Å². The molecule has 1 aromatic carbocycles. The van der Waals surface area contributed by atoms with Crippen LogP contribution >= 0.6 is 0 Å². The maximum Gasteiger partial charge on any atom is 0.403 e. The van der Waals surface area contributed by atoms with E-state index in [2.05, 4.69) is 5.32 Å². The van der Waals surface area contributed by atoms with E-state index in [0.717, 1.165) is 6.92 Å². The number of benzene rings is 1. The van der Waals surface area contributed by atoms with Crippen LogP contribution in [-0.2, 0) is 0 Å². The lowest BCUT2D eigenvalue weighted by molar-refractivity contribution is -0.181. The number of carbonyl (C=O) groups excluding carboxylic acids is 1. The van der Waals surface area contributed by atoms with Gasteiger partial charge in [0.2, 0.25) is 0 Å². The summed E-state index contributed by atoms with van der Waals surface area (Å²) in [6.07, 6.45) is -4.27. The third-order valence-corrected chi connectivity index (χ3v) is 3.70. The summed E-state index contributed by atoms with van der Waals surface area (Å²) in [5, 5.41) is 2.53. The zero-order chi connectivity index (χ0) is 16.3. The summed E-state index contributed by atoms with van der Waals surface area (Å²) in [4.78, 5) is 14.7. The Labute approximate surface area is 125 Å². The number of hydrogen-bond acceptors (Lipinski definition) is 2. The first-order chi connectivity index (χ1) is 10.3. The number of anilines is 1. The van der Waals surface area contributed by atoms with Crippen LogP contribution in [0.1, 0.15) is 6.92 Å². The average Bonchev–Trinajstić information content (AvgIpc) is 2.45. The van der Waals surface area contributed by atoms with Crippen LogP contribution in [0.2, 0.25) is 0 Å². The molecule has 1 fully saturated rings. The second kappa shape index (κ2) is 6.51. The van der Waals surface area contributed by atoms with E-state index in [1.807, 2.05) is 0 Å². The maximum absolute atomic E-state index is 13.0. The lowest BCUT2D eigenvalue weighted by Gasteiger charge is -2.38. The van der Waals surface area contributed by atoms with E-state index in [9.17, 15) is 22.4 Å². The minimum atomic E-state index is -4.27. The van der Waals surface area contributed by atoms with Crippen molar-refractivity contribution < 1.29 is 22.4 Å². The molecule has 122 valence electrons. The molecule has 1 saturated heterocycles. The van der Waals surface area contributed by atoms with Crippen molar-refractivity contribution >= 4 is 11.7 Å². The van der Waals surface area contributed by atoms with Crippen LogP contribution in [-0.4, -0.2) is 54.2 Å². The number of rotatable bonds is 2. The Morgan fingerprint density at radius 1 is 1.23 bits per heavy atom. The Kier molecular flexibility index (Phi) is 4.90. The van der Waals surface area contributed by atoms with Crippen molar-refractivity contribution in [2.45, 2.75) is 19.1 Å². The summed E-state index contributed by atoms with van der Waals surface area (Å²) < 4.78 is 51.0. The van der Waals surface area contributed by atoms with Crippen LogP contribution in [0.3, 0.4) is 0 Å². The number of carbonyl (C=O) groups is 1. The van der Waals surface area contributed by atoms with E-state index in [4.69, 9.17) is 0 Å². The molecule has 0 radical (unpaired) electrons. The minimum absolute atomic E-state index is 0.150. The van der Waals surface area contributed by atoms with Gasteiger partial charge in [-0.2, -0.15) is 13.2 Å². The second-order valence-electron chi connectivity index (χ2n) is 5.18. The molecular weight excluding hydrogens is 302 g/mol. The predicted molar refractivity (Wildman–Crippen MR) is 74.1 cm³/mol. The van der Waals surface area contributed by atoms with E-state index in [1.54, 1.807) is 6.07 Å². The predicted octanol–water partition coefficient (Wildman–Crippen LogP) is 2.93. The van der Waals surface area contributed by atoms with Crippen LogP contribution in [0.25, 0.3) is 0 Å². The van der Waals surface area contributed by atoms with E-state index in [0.29, 0.717) is 5.69 Å².